The summed E-state index contributed by atoms with van der Waals surface area (Å²) < 4.78 is 0. The monoisotopic (exact) mass is 240 g/mol. The number of nitrogens with zero attached hydrogens (tertiary/aromatic N) is 1. The minimum atomic E-state index is -0.270. The summed E-state index contributed by atoms with van der Waals surface area (Å²) >= 11 is 1.70. The molecule has 0 fully saturated rings. The molecule has 0 bridgehead atoms. The average molecular weight is 240 g/mol. The SMILES string of the molecule is CCC(N)(c1nc(C(C)(C)C)cs1)C(C)C. The Balaban J connectivity index is 3.10. The Morgan fingerprint density at radius 2 is 1.94 bits per heavy atom. The van der Waals surface area contributed by atoms with Crippen molar-refractivity contribution in [3.8, 4) is 0 Å². The van der Waals surface area contributed by atoms with Crippen LogP contribution in [-0.2, 0) is 11.0 Å². The molecule has 0 aliphatic heterocycles. The third kappa shape index (κ3) is 2.46. The largest absolute Gasteiger partial charge is 0.319 e. The summed E-state index contributed by atoms with van der Waals surface area (Å²) in [5.41, 5.74) is 7.46. The van der Waals surface area contributed by atoms with Crippen molar-refractivity contribution in [2.75, 3.05) is 0 Å². The van der Waals surface area contributed by atoms with E-state index in [1.165, 1.54) is 0 Å². The van der Waals surface area contributed by atoms with Crippen LogP contribution in [0, 0.1) is 5.92 Å². The lowest BCUT2D eigenvalue weighted by Gasteiger charge is -2.30. The zero-order valence-corrected chi connectivity index (χ0v) is 12.1. The maximum absolute atomic E-state index is 6.47. The third-order valence-electron chi connectivity index (χ3n) is 3.29. The van der Waals surface area contributed by atoms with Crippen molar-refractivity contribution in [1.29, 1.82) is 0 Å². The highest BCUT2D eigenvalue weighted by molar-refractivity contribution is 7.09. The lowest BCUT2D eigenvalue weighted by atomic mass is 9.85. The van der Waals surface area contributed by atoms with Crippen LogP contribution in [0.2, 0.25) is 0 Å². The van der Waals surface area contributed by atoms with Crippen LogP contribution in [0.4, 0.5) is 0 Å². The summed E-state index contributed by atoms with van der Waals surface area (Å²) in [5, 5.41) is 3.23. The first-order chi connectivity index (χ1) is 7.21. The normalized spacial score (nSPS) is 16.5. The summed E-state index contributed by atoms with van der Waals surface area (Å²) in [6.45, 7) is 13.0. The standard InChI is InChI=1S/C13H24N2S/c1-7-13(14,9(2)3)11-15-10(8-16-11)12(4,5)6/h8-9H,7,14H2,1-6H3. The third-order valence-corrected chi connectivity index (χ3v) is 4.32. The molecule has 16 heavy (non-hydrogen) atoms. The zero-order valence-electron chi connectivity index (χ0n) is 11.3. The molecule has 0 aliphatic carbocycles. The van der Waals surface area contributed by atoms with Crippen LogP contribution in [0.3, 0.4) is 0 Å². The van der Waals surface area contributed by atoms with Crippen LogP contribution in [0.5, 0.6) is 0 Å². The molecule has 0 aliphatic rings. The van der Waals surface area contributed by atoms with E-state index >= 15 is 0 Å². The topological polar surface area (TPSA) is 38.9 Å². The number of rotatable bonds is 3. The maximum atomic E-state index is 6.47. The summed E-state index contributed by atoms with van der Waals surface area (Å²) in [7, 11) is 0. The van der Waals surface area contributed by atoms with E-state index in [-0.39, 0.29) is 11.0 Å². The average Bonchev–Trinajstić information content (AvgIpc) is 2.64. The van der Waals surface area contributed by atoms with E-state index in [0.717, 1.165) is 17.1 Å². The number of aromatic nitrogens is 1. The van der Waals surface area contributed by atoms with E-state index in [1.54, 1.807) is 11.3 Å². The van der Waals surface area contributed by atoms with Crippen molar-refractivity contribution in [3.63, 3.8) is 0 Å². The second-order valence-electron chi connectivity index (χ2n) is 5.84. The van der Waals surface area contributed by atoms with Gasteiger partial charge in [-0.25, -0.2) is 4.98 Å². The van der Waals surface area contributed by atoms with Crippen LogP contribution in [0.15, 0.2) is 5.38 Å². The number of nitrogens with two attached hydrogens (primary N) is 1. The highest BCUT2D eigenvalue weighted by Crippen LogP contribution is 2.34. The molecule has 0 spiro atoms. The van der Waals surface area contributed by atoms with Gasteiger partial charge < -0.3 is 5.73 Å². The van der Waals surface area contributed by atoms with E-state index in [1.807, 2.05) is 0 Å². The lowest BCUT2D eigenvalue weighted by Crippen LogP contribution is -2.41. The molecule has 2 N–H and O–H groups in total. The van der Waals surface area contributed by atoms with Crippen LogP contribution < -0.4 is 5.73 Å². The molecule has 0 saturated heterocycles. The van der Waals surface area contributed by atoms with Gasteiger partial charge in [0.2, 0.25) is 0 Å². The summed E-state index contributed by atoms with van der Waals surface area (Å²) in [5.74, 6) is 0.413. The molecule has 3 heteroatoms. The van der Waals surface area contributed by atoms with Gasteiger partial charge in [-0.1, -0.05) is 41.5 Å². The van der Waals surface area contributed by atoms with Gasteiger partial charge in [0.05, 0.1) is 11.2 Å². The molecule has 92 valence electrons. The van der Waals surface area contributed by atoms with Crippen LogP contribution in [0.1, 0.15) is 58.7 Å². The molecular formula is C13H24N2S. The van der Waals surface area contributed by atoms with Crippen LogP contribution >= 0.6 is 11.3 Å². The first-order valence-corrected chi connectivity index (χ1v) is 6.85. The number of thiazole rings is 1. The van der Waals surface area contributed by atoms with Gasteiger partial charge in [0.25, 0.3) is 0 Å². The summed E-state index contributed by atoms with van der Waals surface area (Å²) in [6.07, 6.45) is 0.932. The van der Waals surface area contributed by atoms with Crippen molar-refractivity contribution >= 4 is 11.3 Å². The first kappa shape index (κ1) is 13.7. The molecule has 1 unspecified atom stereocenters. The Morgan fingerprint density at radius 1 is 1.38 bits per heavy atom. The summed E-state index contributed by atoms with van der Waals surface area (Å²) in [4.78, 5) is 4.74. The van der Waals surface area contributed by atoms with Gasteiger partial charge >= 0.3 is 0 Å². The van der Waals surface area contributed by atoms with Gasteiger partial charge in [-0.05, 0) is 12.3 Å². The van der Waals surface area contributed by atoms with Gasteiger partial charge in [-0.2, -0.15) is 0 Å². The molecule has 1 aromatic rings. The van der Waals surface area contributed by atoms with E-state index in [0.29, 0.717) is 5.92 Å². The molecule has 1 heterocycles. The smallest absolute Gasteiger partial charge is 0.113 e. The van der Waals surface area contributed by atoms with Gasteiger partial charge in [-0.3, -0.25) is 0 Å². The molecule has 0 aromatic carbocycles. The van der Waals surface area contributed by atoms with Gasteiger partial charge in [0.1, 0.15) is 5.01 Å². The van der Waals surface area contributed by atoms with Crippen LogP contribution in [0.25, 0.3) is 0 Å². The second-order valence-corrected chi connectivity index (χ2v) is 6.69. The molecule has 1 rings (SSSR count). The van der Waals surface area contributed by atoms with Crippen molar-refractivity contribution in [1.82, 2.24) is 4.98 Å². The molecule has 0 amide bonds. The van der Waals surface area contributed by atoms with Crippen molar-refractivity contribution in [2.45, 2.75) is 58.9 Å². The van der Waals surface area contributed by atoms with Crippen molar-refractivity contribution in [2.24, 2.45) is 11.7 Å². The zero-order chi connectivity index (χ0) is 12.6. The minimum Gasteiger partial charge on any atom is -0.319 e. The van der Waals surface area contributed by atoms with Crippen molar-refractivity contribution in [3.05, 3.63) is 16.1 Å². The van der Waals surface area contributed by atoms with Gasteiger partial charge in [0.15, 0.2) is 0 Å². The fourth-order valence-corrected chi connectivity index (χ4v) is 3.02. The second kappa shape index (κ2) is 4.46. The number of hydrogen-bond acceptors (Lipinski definition) is 3. The van der Waals surface area contributed by atoms with E-state index in [9.17, 15) is 0 Å². The predicted octanol–water partition coefficient (Wildman–Crippen LogP) is 3.66. The van der Waals surface area contributed by atoms with Gasteiger partial charge in [-0.15, -0.1) is 11.3 Å². The molecule has 0 radical (unpaired) electrons. The van der Waals surface area contributed by atoms with E-state index in [4.69, 9.17) is 10.7 Å². The van der Waals surface area contributed by atoms with E-state index < -0.39 is 0 Å². The molecule has 2 nitrogen and oxygen atoms in total. The molecule has 0 saturated carbocycles. The van der Waals surface area contributed by atoms with Crippen LogP contribution in [-0.4, -0.2) is 4.98 Å². The first-order valence-electron chi connectivity index (χ1n) is 5.97. The number of hydrogen-bond donors (Lipinski definition) is 1. The fraction of sp³-hybridized carbons (Fsp3) is 0.769. The highest BCUT2D eigenvalue weighted by atomic mass is 32.1. The Labute approximate surface area is 103 Å². The van der Waals surface area contributed by atoms with E-state index in [2.05, 4.69) is 46.9 Å². The molecule has 1 atom stereocenters. The Morgan fingerprint density at radius 3 is 2.25 bits per heavy atom. The Hall–Kier alpha value is -0.410. The predicted molar refractivity (Wildman–Crippen MR) is 71.8 cm³/mol. The Bertz CT molecular complexity index is 349. The van der Waals surface area contributed by atoms with Crippen molar-refractivity contribution < 1.29 is 0 Å². The quantitative estimate of drug-likeness (QED) is 0.875. The minimum absolute atomic E-state index is 0.111. The highest BCUT2D eigenvalue weighted by Gasteiger charge is 2.33. The molecular weight excluding hydrogens is 216 g/mol. The summed E-state index contributed by atoms with van der Waals surface area (Å²) in [6, 6.07) is 0. The van der Waals surface area contributed by atoms with Gasteiger partial charge in [0, 0.05) is 10.8 Å². The molecule has 1 aromatic heterocycles. The Kier molecular flexibility index (Phi) is 3.80. The maximum Gasteiger partial charge on any atom is 0.113 e. The fourth-order valence-electron chi connectivity index (χ4n) is 1.64. The lowest BCUT2D eigenvalue weighted by molar-refractivity contribution is 0.303.